The minimum atomic E-state index is -0.499. The van der Waals surface area contributed by atoms with E-state index in [1.807, 2.05) is 6.07 Å². The topological polar surface area (TPSA) is 96.4 Å². The van der Waals surface area contributed by atoms with Gasteiger partial charge in [0.2, 0.25) is 0 Å². The van der Waals surface area contributed by atoms with Crippen molar-refractivity contribution < 1.29 is 14.3 Å². The minimum absolute atomic E-state index is 0.0237. The van der Waals surface area contributed by atoms with Gasteiger partial charge in [0.1, 0.15) is 16.7 Å². The summed E-state index contributed by atoms with van der Waals surface area (Å²) in [5, 5.41) is 22.6. The van der Waals surface area contributed by atoms with Crippen molar-refractivity contribution >= 4 is 65.8 Å². The van der Waals surface area contributed by atoms with Gasteiger partial charge in [-0.1, -0.05) is 15.9 Å². The summed E-state index contributed by atoms with van der Waals surface area (Å²) >= 11 is 7.93. The Balaban J connectivity index is 1.76. The number of phenols is 1. The quantitative estimate of drug-likeness (QED) is 0.235. The Labute approximate surface area is 197 Å². The molecule has 0 radical (unpaired) electrons. The third-order valence-corrected chi connectivity index (χ3v) is 6.38. The second-order valence-corrected chi connectivity index (χ2v) is 9.02. The van der Waals surface area contributed by atoms with Crippen LogP contribution in [0.3, 0.4) is 0 Å². The predicted molar refractivity (Wildman–Crippen MR) is 127 cm³/mol. The van der Waals surface area contributed by atoms with Crippen LogP contribution in [-0.4, -0.2) is 17.2 Å². The largest absolute Gasteiger partial charge is 0.503 e. The summed E-state index contributed by atoms with van der Waals surface area (Å²) in [6, 6.07) is 12.5. The number of aromatic hydroxyl groups is 1. The molecule has 0 aliphatic heterocycles. The van der Waals surface area contributed by atoms with Crippen LogP contribution >= 0.6 is 43.2 Å². The highest BCUT2D eigenvalue weighted by Crippen LogP contribution is 2.36. The van der Waals surface area contributed by atoms with Crippen LogP contribution in [0, 0.1) is 11.3 Å². The number of hydrogen-bond donors (Lipinski definition) is 1. The molecule has 2 aromatic heterocycles. The number of fused-ring (bicyclic) bond motifs is 1. The lowest BCUT2D eigenvalue weighted by molar-refractivity contribution is 0.372. The molecule has 31 heavy (non-hydrogen) atoms. The summed E-state index contributed by atoms with van der Waals surface area (Å²) in [6.45, 7) is 0. The van der Waals surface area contributed by atoms with Gasteiger partial charge in [0.05, 0.1) is 28.4 Å². The Kier molecular flexibility index (Phi) is 5.96. The lowest BCUT2D eigenvalue weighted by Gasteiger charge is -2.06. The van der Waals surface area contributed by atoms with Crippen molar-refractivity contribution in [1.82, 2.24) is 4.98 Å². The maximum Gasteiger partial charge on any atom is 0.345 e. The average Bonchev–Trinajstić information content (AvgIpc) is 3.23. The van der Waals surface area contributed by atoms with E-state index in [-0.39, 0.29) is 11.5 Å². The third kappa shape index (κ3) is 4.28. The molecule has 4 aromatic rings. The van der Waals surface area contributed by atoms with Crippen molar-refractivity contribution in [2.75, 3.05) is 7.11 Å². The number of methoxy groups -OCH3 is 1. The molecular formula is C22H12Br2N2O4S. The minimum Gasteiger partial charge on any atom is -0.503 e. The van der Waals surface area contributed by atoms with Crippen molar-refractivity contribution in [2.45, 2.75) is 0 Å². The van der Waals surface area contributed by atoms with Crippen molar-refractivity contribution in [3.05, 3.63) is 71.7 Å². The maximum absolute atomic E-state index is 12.5. The molecule has 0 fully saturated rings. The first kappa shape index (κ1) is 21.3. The molecule has 0 saturated carbocycles. The first-order valence-corrected chi connectivity index (χ1v) is 11.2. The zero-order valence-electron chi connectivity index (χ0n) is 15.8. The zero-order chi connectivity index (χ0) is 22.1. The van der Waals surface area contributed by atoms with Gasteiger partial charge >= 0.3 is 5.63 Å². The Bertz CT molecular complexity index is 1450. The fourth-order valence-corrected chi connectivity index (χ4v) is 4.56. The van der Waals surface area contributed by atoms with Crippen molar-refractivity contribution in [2.24, 2.45) is 0 Å². The van der Waals surface area contributed by atoms with E-state index in [0.29, 0.717) is 37.5 Å². The number of rotatable bonds is 4. The lowest BCUT2D eigenvalue weighted by Crippen LogP contribution is -2.02. The molecule has 0 saturated heterocycles. The van der Waals surface area contributed by atoms with Crippen LogP contribution in [0.25, 0.3) is 33.9 Å². The van der Waals surface area contributed by atoms with Gasteiger partial charge in [-0.2, -0.15) is 5.26 Å². The Morgan fingerprint density at radius 2 is 2.10 bits per heavy atom. The van der Waals surface area contributed by atoms with E-state index in [0.717, 1.165) is 9.86 Å². The van der Waals surface area contributed by atoms with E-state index in [4.69, 9.17) is 9.15 Å². The van der Waals surface area contributed by atoms with Crippen LogP contribution in [0.1, 0.15) is 10.6 Å². The van der Waals surface area contributed by atoms with Crippen LogP contribution < -0.4 is 10.4 Å². The summed E-state index contributed by atoms with van der Waals surface area (Å²) in [6.07, 6.45) is 1.63. The standard InChI is InChI=1S/C22H12Br2N2O4S/c1-29-19-6-11(5-16(24)20(19)27)4-13(9-25)21-26-17(10-31-21)15-8-12-7-14(23)2-3-18(12)30-22(15)28/h2-8,10,27H,1H3/b13-4-. The zero-order valence-corrected chi connectivity index (χ0v) is 19.8. The van der Waals surface area contributed by atoms with Crippen molar-refractivity contribution in [3.8, 4) is 28.8 Å². The normalized spacial score (nSPS) is 11.5. The van der Waals surface area contributed by atoms with Crippen LogP contribution in [0.15, 0.2) is 59.9 Å². The Morgan fingerprint density at radius 3 is 2.84 bits per heavy atom. The number of hydrogen-bond acceptors (Lipinski definition) is 7. The number of benzene rings is 2. The van der Waals surface area contributed by atoms with Crippen LogP contribution in [0.5, 0.6) is 11.5 Å². The fraction of sp³-hybridized carbons (Fsp3) is 0.0455. The Hall–Kier alpha value is -2.93. The average molecular weight is 560 g/mol. The highest BCUT2D eigenvalue weighted by molar-refractivity contribution is 9.10. The maximum atomic E-state index is 12.5. The number of ether oxygens (including phenoxy) is 1. The van der Waals surface area contributed by atoms with E-state index in [1.54, 1.807) is 41.8 Å². The molecule has 0 amide bonds. The molecule has 9 heteroatoms. The second-order valence-electron chi connectivity index (χ2n) is 6.39. The number of halogens is 2. The van der Waals surface area contributed by atoms with Crippen LogP contribution in [-0.2, 0) is 0 Å². The van der Waals surface area contributed by atoms with Crippen LogP contribution in [0.2, 0.25) is 0 Å². The van der Waals surface area contributed by atoms with E-state index in [1.165, 1.54) is 18.4 Å². The summed E-state index contributed by atoms with van der Waals surface area (Å²) in [4.78, 5) is 16.9. The molecule has 0 unspecified atom stereocenters. The SMILES string of the molecule is COc1cc(/C=C(/C#N)c2nc(-c3cc4cc(Br)ccc4oc3=O)cs2)cc(Br)c1O. The lowest BCUT2D eigenvalue weighted by atomic mass is 10.1. The van der Waals surface area contributed by atoms with Gasteiger partial charge in [0.15, 0.2) is 11.5 Å². The predicted octanol–water partition coefficient (Wildman–Crippen LogP) is 6.22. The number of nitrogens with zero attached hydrogens (tertiary/aromatic N) is 2. The van der Waals surface area contributed by atoms with Gasteiger partial charge in [0.25, 0.3) is 0 Å². The summed E-state index contributed by atoms with van der Waals surface area (Å²) in [7, 11) is 1.45. The highest BCUT2D eigenvalue weighted by Gasteiger charge is 2.15. The monoisotopic (exact) mass is 558 g/mol. The first-order chi connectivity index (χ1) is 14.9. The van der Waals surface area contributed by atoms with E-state index < -0.39 is 5.63 Å². The molecule has 0 aliphatic rings. The number of thiazole rings is 1. The second kappa shape index (κ2) is 8.67. The molecule has 0 spiro atoms. The van der Waals surface area contributed by atoms with Gasteiger partial charge in [0, 0.05) is 15.2 Å². The number of allylic oxidation sites excluding steroid dienone is 1. The molecule has 2 aromatic carbocycles. The van der Waals surface area contributed by atoms with Gasteiger partial charge in [-0.05, 0) is 64.0 Å². The van der Waals surface area contributed by atoms with Gasteiger partial charge < -0.3 is 14.3 Å². The van der Waals surface area contributed by atoms with Gasteiger partial charge in [-0.25, -0.2) is 9.78 Å². The molecule has 2 heterocycles. The number of aromatic nitrogens is 1. The summed E-state index contributed by atoms with van der Waals surface area (Å²) in [5.74, 6) is 0.252. The molecule has 0 aliphatic carbocycles. The molecule has 154 valence electrons. The highest BCUT2D eigenvalue weighted by atomic mass is 79.9. The summed E-state index contributed by atoms with van der Waals surface area (Å²) < 4.78 is 11.9. The molecule has 4 rings (SSSR count). The van der Waals surface area contributed by atoms with Crippen molar-refractivity contribution in [3.63, 3.8) is 0 Å². The van der Waals surface area contributed by atoms with E-state index in [9.17, 15) is 15.2 Å². The molecule has 0 atom stereocenters. The third-order valence-electron chi connectivity index (χ3n) is 4.41. The molecule has 6 nitrogen and oxygen atoms in total. The number of phenolic OH excluding ortho intramolecular Hbond substituents is 1. The fourth-order valence-electron chi connectivity index (χ4n) is 2.94. The van der Waals surface area contributed by atoms with Crippen molar-refractivity contribution in [1.29, 1.82) is 5.26 Å². The number of nitriles is 1. The van der Waals surface area contributed by atoms with Gasteiger partial charge in [-0.3, -0.25) is 0 Å². The van der Waals surface area contributed by atoms with Gasteiger partial charge in [-0.15, -0.1) is 11.3 Å². The molecule has 1 N–H and O–H groups in total. The van der Waals surface area contributed by atoms with Crippen LogP contribution in [0.4, 0.5) is 0 Å². The molecular weight excluding hydrogens is 548 g/mol. The van der Waals surface area contributed by atoms with E-state index in [2.05, 4.69) is 42.9 Å². The first-order valence-electron chi connectivity index (χ1n) is 8.77. The van der Waals surface area contributed by atoms with E-state index >= 15 is 0 Å². The Morgan fingerprint density at radius 1 is 1.29 bits per heavy atom. The smallest absolute Gasteiger partial charge is 0.345 e. The summed E-state index contributed by atoms with van der Waals surface area (Å²) in [5.41, 5.74) is 1.69. The molecule has 0 bridgehead atoms.